The van der Waals surface area contributed by atoms with Crippen LogP contribution in [0.3, 0.4) is 0 Å². The van der Waals surface area contributed by atoms with E-state index in [9.17, 15) is 9.59 Å². The van der Waals surface area contributed by atoms with Crippen molar-refractivity contribution in [1.29, 1.82) is 0 Å². The van der Waals surface area contributed by atoms with Crippen molar-refractivity contribution in [2.24, 2.45) is 11.1 Å². The standard InChI is InChI=1S/C15H21NO4/c1-14(2,13(16)19)9-15(3,4)20-11-7-5-10(6-8-11)12(17)18/h5-8H,9H2,1-4H3,(H2,16,19)(H,17,18). The molecule has 3 N–H and O–H groups in total. The number of ether oxygens (including phenoxy) is 1. The molecular formula is C15H21NO4. The number of hydrogen-bond acceptors (Lipinski definition) is 3. The quantitative estimate of drug-likeness (QED) is 0.837. The van der Waals surface area contributed by atoms with E-state index in [2.05, 4.69) is 0 Å². The van der Waals surface area contributed by atoms with Crippen molar-refractivity contribution in [2.45, 2.75) is 39.7 Å². The smallest absolute Gasteiger partial charge is 0.335 e. The van der Waals surface area contributed by atoms with Crippen molar-refractivity contribution in [3.05, 3.63) is 29.8 Å². The van der Waals surface area contributed by atoms with Crippen molar-refractivity contribution in [2.75, 3.05) is 0 Å². The van der Waals surface area contributed by atoms with Gasteiger partial charge in [0.05, 0.1) is 5.56 Å². The van der Waals surface area contributed by atoms with E-state index in [0.717, 1.165) is 0 Å². The molecule has 0 spiro atoms. The Morgan fingerprint density at radius 3 is 2.05 bits per heavy atom. The van der Waals surface area contributed by atoms with Crippen molar-refractivity contribution in [1.82, 2.24) is 0 Å². The number of rotatable bonds is 6. The second-order valence-corrected chi connectivity index (χ2v) is 6.12. The van der Waals surface area contributed by atoms with Gasteiger partial charge in [0.15, 0.2) is 0 Å². The molecule has 110 valence electrons. The third-order valence-electron chi connectivity index (χ3n) is 3.03. The molecule has 0 aliphatic rings. The van der Waals surface area contributed by atoms with Crippen molar-refractivity contribution in [3.63, 3.8) is 0 Å². The Labute approximate surface area is 118 Å². The molecule has 1 amide bonds. The summed E-state index contributed by atoms with van der Waals surface area (Å²) in [5.74, 6) is -0.804. The van der Waals surface area contributed by atoms with Gasteiger partial charge < -0.3 is 15.6 Å². The zero-order valence-corrected chi connectivity index (χ0v) is 12.3. The highest BCUT2D eigenvalue weighted by molar-refractivity contribution is 5.87. The summed E-state index contributed by atoms with van der Waals surface area (Å²) in [6.07, 6.45) is 0.454. The molecule has 0 aliphatic carbocycles. The average molecular weight is 279 g/mol. The highest BCUT2D eigenvalue weighted by Crippen LogP contribution is 2.31. The summed E-state index contributed by atoms with van der Waals surface area (Å²) in [4.78, 5) is 22.1. The molecule has 0 bridgehead atoms. The fourth-order valence-electron chi connectivity index (χ4n) is 2.17. The minimum atomic E-state index is -0.981. The summed E-state index contributed by atoms with van der Waals surface area (Å²) >= 11 is 0. The summed E-state index contributed by atoms with van der Waals surface area (Å²) in [7, 11) is 0. The van der Waals surface area contributed by atoms with E-state index in [1.165, 1.54) is 12.1 Å². The molecular weight excluding hydrogens is 258 g/mol. The van der Waals surface area contributed by atoms with Gasteiger partial charge in [0, 0.05) is 11.8 Å². The average Bonchev–Trinajstić information content (AvgIpc) is 2.27. The zero-order valence-electron chi connectivity index (χ0n) is 12.3. The molecule has 0 radical (unpaired) electrons. The van der Waals surface area contributed by atoms with Crippen LogP contribution in [-0.2, 0) is 4.79 Å². The Kier molecular flexibility index (Phi) is 4.43. The van der Waals surface area contributed by atoms with Crippen molar-refractivity contribution >= 4 is 11.9 Å². The maximum atomic E-state index is 11.4. The molecule has 5 nitrogen and oxygen atoms in total. The second-order valence-electron chi connectivity index (χ2n) is 6.12. The lowest BCUT2D eigenvalue weighted by atomic mass is 9.81. The molecule has 1 aromatic rings. The van der Waals surface area contributed by atoms with Crippen LogP contribution in [0, 0.1) is 5.41 Å². The number of carboxylic acid groups (broad SMARTS) is 1. The Bertz CT molecular complexity index is 503. The predicted octanol–water partition coefficient (Wildman–Crippen LogP) is 2.44. The van der Waals surface area contributed by atoms with Crippen molar-refractivity contribution < 1.29 is 19.4 Å². The van der Waals surface area contributed by atoms with Gasteiger partial charge >= 0.3 is 5.97 Å². The molecule has 0 unspecified atom stereocenters. The van der Waals surface area contributed by atoms with Crippen LogP contribution < -0.4 is 10.5 Å². The molecule has 0 aliphatic heterocycles. The summed E-state index contributed by atoms with van der Waals surface area (Å²) in [6, 6.07) is 6.16. The number of carboxylic acids is 1. The van der Waals surface area contributed by atoms with Crippen LogP contribution >= 0.6 is 0 Å². The van der Waals surface area contributed by atoms with Gasteiger partial charge in [-0.3, -0.25) is 4.79 Å². The first-order valence-corrected chi connectivity index (χ1v) is 6.36. The van der Waals surface area contributed by atoms with Gasteiger partial charge in [-0.25, -0.2) is 4.79 Å². The van der Waals surface area contributed by atoms with Crippen LogP contribution in [0.25, 0.3) is 0 Å². The number of amides is 1. The molecule has 1 aromatic carbocycles. The molecule has 0 heterocycles. The first-order valence-electron chi connectivity index (χ1n) is 6.36. The highest BCUT2D eigenvalue weighted by Gasteiger charge is 2.34. The van der Waals surface area contributed by atoms with Crippen LogP contribution in [0.1, 0.15) is 44.5 Å². The van der Waals surface area contributed by atoms with Gasteiger partial charge in [-0.1, -0.05) is 13.8 Å². The number of benzene rings is 1. The van der Waals surface area contributed by atoms with Gasteiger partial charge in [-0.15, -0.1) is 0 Å². The van der Waals surface area contributed by atoms with Crippen LogP contribution in [-0.4, -0.2) is 22.6 Å². The maximum absolute atomic E-state index is 11.4. The number of aromatic carboxylic acids is 1. The summed E-state index contributed by atoms with van der Waals surface area (Å²) < 4.78 is 5.82. The molecule has 0 atom stereocenters. The lowest BCUT2D eigenvalue weighted by Gasteiger charge is -2.33. The third kappa shape index (κ3) is 4.26. The topological polar surface area (TPSA) is 89.6 Å². The maximum Gasteiger partial charge on any atom is 0.335 e. The Morgan fingerprint density at radius 2 is 1.65 bits per heavy atom. The molecule has 0 fully saturated rings. The summed E-state index contributed by atoms with van der Waals surface area (Å²) in [6.45, 7) is 7.27. The lowest BCUT2D eigenvalue weighted by Crippen LogP contribution is -2.41. The fraction of sp³-hybridized carbons (Fsp3) is 0.467. The monoisotopic (exact) mass is 279 g/mol. The fourth-order valence-corrected chi connectivity index (χ4v) is 2.17. The van der Waals surface area contributed by atoms with Crippen LogP contribution in [0.4, 0.5) is 0 Å². The normalized spacial score (nSPS) is 12.0. The van der Waals surface area contributed by atoms with E-state index in [4.69, 9.17) is 15.6 Å². The van der Waals surface area contributed by atoms with E-state index >= 15 is 0 Å². The molecule has 0 saturated carbocycles. The zero-order chi connectivity index (χ0) is 15.6. The molecule has 0 saturated heterocycles. The Morgan fingerprint density at radius 1 is 1.15 bits per heavy atom. The minimum absolute atomic E-state index is 0.202. The number of primary amides is 1. The van der Waals surface area contributed by atoms with E-state index in [-0.39, 0.29) is 11.5 Å². The number of nitrogens with two attached hydrogens (primary N) is 1. The molecule has 20 heavy (non-hydrogen) atoms. The van der Waals surface area contributed by atoms with E-state index < -0.39 is 17.0 Å². The first kappa shape index (κ1) is 16.0. The van der Waals surface area contributed by atoms with Gasteiger partial charge in [-0.2, -0.15) is 0 Å². The number of carbonyl (C=O) groups is 2. The van der Waals surface area contributed by atoms with Crippen LogP contribution in [0.5, 0.6) is 5.75 Å². The van der Waals surface area contributed by atoms with E-state index in [0.29, 0.717) is 12.2 Å². The minimum Gasteiger partial charge on any atom is -0.488 e. The SMILES string of the molecule is CC(C)(CC(C)(C)C(N)=O)Oc1ccc(C(=O)O)cc1. The summed E-state index contributed by atoms with van der Waals surface area (Å²) in [5.41, 5.74) is 4.30. The Balaban J connectivity index is 2.80. The van der Waals surface area contributed by atoms with Crippen LogP contribution in [0.15, 0.2) is 24.3 Å². The van der Waals surface area contributed by atoms with Crippen LogP contribution in [0.2, 0.25) is 0 Å². The number of carbonyl (C=O) groups excluding carboxylic acids is 1. The lowest BCUT2D eigenvalue weighted by molar-refractivity contribution is -0.128. The predicted molar refractivity (Wildman–Crippen MR) is 75.7 cm³/mol. The third-order valence-corrected chi connectivity index (χ3v) is 3.03. The largest absolute Gasteiger partial charge is 0.488 e. The molecule has 0 aromatic heterocycles. The molecule has 5 heteroatoms. The molecule has 1 rings (SSSR count). The first-order chi connectivity index (χ1) is 9.03. The van der Waals surface area contributed by atoms with E-state index in [1.807, 2.05) is 13.8 Å². The van der Waals surface area contributed by atoms with E-state index in [1.54, 1.807) is 26.0 Å². The van der Waals surface area contributed by atoms with Gasteiger partial charge in [-0.05, 0) is 38.1 Å². The van der Waals surface area contributed by atoms with Gasteiger partial charge in [0.25, 0.3) is 0 Å². The van der Waals surface area contributed by atoms with Crippen molar-refractivity contribution in [3.8, 4) is 5.75 Å². The van der Waals surface area contributed by atoms with Gasteiger partial charge in [0.2, 0.25) is 5.91 Å². The van der Waals surface area contributed by atoms with Gasteiger partial charge in [0.1, 0.15) is 11.4 Å². The highest BCUT2D eigenvalue weighted by atomic mass is 16.5. The summed E-state index contributed by atoms with van der Waals surface area (Å²) in [5, 5.41) is 8.83. The number of hydrogen-bond donors (Lipinski definition) is 2. The second kappa shape index (κ2) is 5.53. The Hall–Kier alpha value is -2.04.